The maximum absolute atomic E-state index is 13.4. The fourth-order valence-electron chi connectivity index (χ4n) is 4.58. The third-order valence-corrected chi connectivity index (χ3v) is 5.98. The number of amides is 1. The summed E-state index contributed by atoms with van der Waals surface area (Å²) in [6.45, 7) is 8.16. The van der Waals surface area contributed by atoms with Crippen molar-refractivity contribution in [2.45, 2.75) is 26.3 Å². The smallest absolute Gasteiger partial charge is 0.273 e. The van der Waals surface area contributed by atoms with E-state index in [4.69, 9.17) is 9.47 Å². The number of ether oxygens (including phenoxy) is 2. The number of rotatable bonds is 9. The van der Waals surface area contributed by atoms with Crippen LogP contribution in [0.5, 0.6) is 17.2 Å². The number of aromatic amines is 1. The minimum atomic E-state index is -0.481. The quantitative estimate of drug-likeness (QED) is 0.416. The van der Waals surface area contributed by atoms with Crippen molar-refractivity contribution < 1.29 is 24.5 Å². The Morgan fingerprint density at radius 3 is 2.71 bits per heavy atom. The van der Waals surface area contributed by atoms with Crippen LogP contribution in [0.4, 0.5) is 0 Å². The number of H-pyrrole nitrogens is 1. The van der Waals surface area contributed by atoms with Crippen molar-refractivity contribution >= 4 is 5.91 Å². The molecular weight excluding hydrogens is 434 g/mol. The largest absolute Gasteiger partial charge is 0.507 e. The summed E-state index contributed by atoms with van der Waals surface area (Å²) in [5.74, 6) is 0.999. The summed E-state index contributed by atoms with van der Waals surface area (Å²) in [5, 5.41) is 27.6. The lowest BCUT2D eigenvalue weighted by molar-refractivity contribution is 0.0732. The number of carbonyl (C=O) groups is 1. The fourth-order valence-corrected chi connectivity index (χ4v) is 4.58. The molecule has 2 aromatic carbocycles. The number of aliphatic hydroxyl groups is 1. The molecule has 4 rings (SSSR count). The molecule has 0 bridgehead atoms. The molecule has 0 saturated carbocycles. The Morgan fingerprint density at radius 2 is 2.03 bits per heavy atom. The average molecular weight is 464 g/mol. The monoisotopic (exact) mass is 463 g/mol. The topological polar surface area (TPSA) is 108 Å². The van der Waals surface area contributed by atoms with Gasteiger partial charge >= 0.3 is 0 Å². The molecule has 3 N–H and O–H groups in total. The Kier molecular flexibility index (Phi) is 6.61. The van der Waals surface area contributed by atoms with Crippen LogP contribution < -0.4 is 9.47 Å². The molecule has 3 aromatic rings. The van der Waals surface area contributed by atoms with Gasteiger partial charge in [0.25, 0.3) is 5.91 Å². The molecule has 178 valence electrons. The number of nitrogens with one attached hydrogen (secondary N) is 1. The van der Waals surface area contributed by atoms with Crippen LogP contribution in [0.15, 0.2) is 43.0 Å². The molecule has 1 atom stereocenters. The second-order valence-electron chi connectivity index (χ2n) is 8.33. The van der Waals surface area contributed by atoms with Gasteiger partial charge in [0.1, 0.15) is 23.7 Å². The predicted octanol–water partition coefficient (Wildman–Crippen LogP) is 3.90. The Morgan fingerprint density at radius 1 is 1.24 bits per heavy atom. The summed E-state index contributed by atoms with van der Waals surface area (Å²) in [6, 6.07) is 8.71. The molecule has 2 heterocycles. The van der Waals surface area contributed by atoms with Gasteiger partial charge in [0.2, 0.25) is 0 Å². The zero-order valence-corrected chi connectivity index (χ0v) is 19.6. The predicted molar refractivity (Wildman–Crippen MR) is 128 cm³/mol. The number of carbonyl (C=O) groups excluding carboxylic acids is 1. The van der Waals surface area contributed by atoms with Crippen molar-refractivity contribution in [2.24, 2.45) is 0 Å². The van der Waals surface area contributed by atoms with Crippen LogP contribution in [0.25, 0.3) is 11.3 Å². The van der Waals surface area contributed by atoms with Crippen molar-refractivity contribution in [2.75, 3.05) is 26.9 Å². The highest BCUT2D eigenvalue weighted by Crippen LogP contribution is 2.46. The van der Waals surface area contributed by atoms with Crippen molar-refractivity contribution in [3.05, 3.63) is 70.9 Å². The van der Waals surface area contributed by atoms with E-state index in [-0.39, 0.29) is 18.3 Å². The van der Waals surface area contributed by atoms with Gasteiger partial charge < -0.3 is 24.6 Å². The van der Waals surface area contributed by atoms with Gasteiger partial charge in [-0.1, -0.05) is 24.8 Å². The number of hydrogen-bond donors (Lipinski definition) is 3. The van der Waals surface area contributed by atoms with Gasteiger partial charge in [0.15, 0.2) is 11.5 Å². The highest BCUT2D eigenvalue weighted by molar-refractivity contribution is 6.00. The van der Waals surface area contributed by atoms with Gasteiger partial charge in [-0.05, 0) is 55.2 Å². The number of aryl methyl sites for hydroxylation is 2. The van der Waals surface area contributed by atoms with Gasteiger partial charge in [-0.2, -0.15) is 5.10 Å². The van der Waals surface area contributed by atoms with Crippen LogP contribution in [0, 0.1) is 13.8 Å². The van der Waals surface area contributed by atoms with E-state index in [9.17, 15) is 15.0 Å². The van der Waals surface area contributed by atoms with Gasteiger partial charge in [-0.3, -0.25) is 9.89 Å². The molecule has 0 radical (unpaired) electrons. The summed E-state index contributed by atoms with van der Waals surface area (Å²) >= 11 is 0. The van der Waals surface area contributed by atoms with Crippen LogP contribution in [0.2, 0.25) is 0 Å². The number of phenolic OH excluding ortho intramolecular Hbond substituents is 1. The molecule has 1 aliphatic rings. The molecule has 0 spiro atoms. The van der Waals surface area contributed by atoms with Crippen molar-refractivity contribution in [3.63, 3.8) is 0 Å². The minimum Gasteiger partial charge on any atom is -0.507 e. The first-order chi connectivity index (χ1) is 16.4. The summed E-state index contributed by atoms with van der Waals surface area (Å²) in [6.07, 6.45) is 2.09. The molecule has 8 heteroatoms. The summed E-state index contributed by atoms with van der Waals surface area (Å²) in [5.41, 5.74) is 4.78. The maximum atomic E-state index is 13.4. The molecule has 0 fully saturated rings. The molecule has 0 aliphatic carbocycles. The van der Waals surface area contributed by atoms with Gasteiger partial charge in [0.05, 0.1) is 13.2 Å². The Hall–Kier alpha value is -3.78. The summed E-state index contributed by atoms with van der Waals surface area (Å²) < 4.78 is 11.2. The maximum Gasteiger partial charge on any atom is 0.273 e. The molecule has 1 aromatic heterocycles. The molecular formula is C26H29N3O5. The number of hydrogen-bond acceptors (Lipinski definition) is 6. The molecule has 1 unspecified atom stereocenters. The number of aromatic nitrogens is 2. The first-order valence-electron chi connectivity index (χ1n) is 11.1. The number of benzene rings is 2. The van der Waals surface area contributed by atoms with Crippen LogP contribution in [-0.2, 0) is 0 Å². The van der Waals surface area contributed by atoms with Crippen LogP contribution in [0.1, 0.15) is 45.2 Å². The Bertz CT molecular complexity index is 1210. The van der Waals surface area contributed by atoms with E-state index in [0.717, 1.165) is 16.7 Å². The highest BCUT2D eigenvalue weighted by atomic mass is 16.5. The number of phenols is 1. The van der Waals surface area contributed by atoms with Gasteiger partial charge in [-0.25, -0.2) is 0 Å². The number of aromatic hydroxyl groups is 1. The van der Waals surface area contributed by atoms with E-state index in [1.165, 1.54) is 0 Å². The summed E-state index contributed by atoms with van der Waals surface area (Å²) in [7, 11) is 1.56. The van der Waals surface area contributed by atoms with E-state index < -0.39 is 6.04 Å². The zero-order valence-electron chi connectivity index (χ0n) is 19.6. The highest BCUT2D eigenvalue weighted by Gasteiger charge is 2.42. The fraction of sp³-hybridized carbons (Fsp3) is 0.308. The molecule has 8 nitrogen and oxygen atoms in total. The van der Waals surface area contributed by atoms with E-state index in [1.807, 2.05) is 32.0 Å². The Labute approximate surface area is 198 Å². The first-order valence-corrected chi connectivity index (χ1v) is 11.1. The van der Waals surface area contributed by atoms with Crippen LogP contribution in [-0.4, -0.2) is 58.1 Å². The lowest BCUT2D eigenvalue weighted by atomic mass is 9.93. The molecule has 1 amide bonds. The number of fused-ring (bicyclic) bond motifs is 1. The lowest BCUT2D eigenvalue weighted by Gasteiger charge is -2.27. The molecule has 34 heavy (non-hydrogen) atoms. The summed E-state index contributed by atoms with van der Waals surface area (Å²) in [4.78, 5) is 15.1. The SMILES string of the molecule is C=CCOc1ccc(C2c3c(-c4c(C)cc(C)cc4O)n[nH]c3C(=O)N2CCCO)cc1OC. The second kappa shape index (κ2) is 9.61. The van der Waals surface area contributed by atoms with Crippen molar-refractivity contribution in [1.82, 2.24) is 15.1 Å². The number of aliphatic hydroxyl groups excluding tert-OH is 1. The van der Waals surface area contributed by atoms with Crippen molar-refractivity contribution in [1.29, 1.82) is 0 Å². The third-order valence-electron chi connectivity index (χ3n) is 5.98. The van der Waals surface area contributed by atoms with E-state index in [0.29, 0.717) is 53.6 Å². The molecule has 0 saturated heterocycles. The van der Waals surface area contributed by atoms with Gasteiger partial charge in [0, 0.05) is 24.3 Å². The lowest BCUT2D eigenvalue weighted by Crippen LogP contribution is -2.31. The van der Waals surface area contributed by atoms with Crippen molar-refractivity contribution in [3.8, 4) is 28.5 Å². The third kappa shape index (κ3) is 4.01. The average Bonchev–Trinajstić information content (AvgIpc) is 3.34. The van der Waals surface area contributed by atoms with E-state index in [2.05, 4.69) is 16.8 Å². The number of nitrogens with zero attached hydrogens (tertiary/aromatic N) is 2. The van der Waals surface area contributed by atoms with Crippen LogP contribution >= 0.6 is 0 Å². The second-order valence-corrected chi connectivity index (χ2v) is 8.33. The zero-order chi connectivity index (χ0) is 24.4. The van der Waals surface area contributed by atoms with E-state index >= 15 is 0 Å². The minimum absolute atomic E-state index is 0.0367. The van der Waals surface area contributed by atoms with Gasteiger partial charge in [-0.15, -0.1) is 0 Å². The first kappa shape index (κ1) is 23.4. The standard InChI is InChI=1S/C26H29N3O5/c1-5-11-34-19-8-7-17(14-20(19)33-4)25-22-23(21-16(3)12-15(2)13-18(21)31)27-28-24(22)26(32)29(25)9-6-10-30/h5,7-8,12-14,25,30-31H,1,6,9-11H2,2-4H3,(H,27,28). The van der Waals surface area contributed by atoms with E-state index in [1.54, 1.807) is 30.2 Å². The Balaban J connectivity index is 1.88. The normalized spacial score (nSPS) is 14.9. The van der Waals surface area contributed by atoms with Crippen LogP contribution in [0.3, 0.4) is 0 Å². The number of methoxy groups -OCH3 is 1. The molecule has 1 aliphatic heterocycles.